The lowest BCUT2D eigenvalue weighted by Gasteiger charge is -2.23. The van der Waals surface area contributed by atoms with Crippen molar-refractivity contribution in [3.05, 3.63) is 29.8 Å². The maximum Gasteiger partial charge on any atom is 0.439 e. The standard InChI is InChI=1S/C13H15F6NO/c1-2-9(20)7-8-3-5-10(6-4-8)21-13(18,19)11(14)12(15,16)17/h3-6,9,11H,2,7,20H2,1H3. The van der Waals surface area contributed by atoms with E-state index in [2.05, 4.69) is 4.74 Å². The second-order valence-corrected chi connectivity index (χ2v) is 4.58. The molecule has 0 aromatic heterocycles. The van der Waals surface area contributed by atoms with Gasteiger partial charge in [-0.05, 0) is 30.5 Å². The Morgan fingerprint density at radius 3 is 2.05 bits per heavy atom. The quantitative estimate of drug-likeness (QED) is 0.810. The van der Waals surface area contributed by atoms with Crippen LogP contribution in [-0.2, 0) is 6.42 Å². The molecule has 0 aliphatic carbocycles. The molecule has 1 aromatic carbocycles. The minimum atomic E-state index is -5.70. The summed E-state index contributed by atoms with van der Waals surface area (Å²) in [6.07, 6.45) is -13.9. The molecule has 0 aliphatic heterocycles. The van der Waals surface area contributed by atoms with E-state index in [4.69, 9.17) is 5.73 Å². The Bertz CT molecular complexity index is 445. The molecular weight excluding hydrogens is 300 g/mol. The zero-order valence-electron chi connectivity index (χ0n) is 11.1. The predicted octanol–water partition coefficient (Wildman–Crippen LogP) is 3.84. The van der Waals surface area contributed by atoms with Crippen molar-refractivity contribution in [1.29, 1.82) is 0 Å². The third-order valence-corrected chi connectivity index (χ3v) is 2.78. The SMILES string of the molecule is CCC(N)Cc1ccc(OC(F)(F)C(F)C(F)(F)F)cc1. The fraction of sp³-hybridized carbons (Fsp3) is 0.538. The molecule has 21 heavy (non-hydrogen) atoms. The van der Waals surface area contributed by atoms with Gasteiger partial charge in [-0.15, -0.1) is 0 Å². The summed E-state index contributed by atoms with van der Waals surface area (Å²) in [4.78, 5) is 0. The normalized spacial score (nSPS) is 15.6. The van der Waals surface area contributed by atoms with Gasteiger partial charge in [-0.25, -0.2) is 4.39 Å². The van der Waals surface area contributed by atoms with Crippen molar-refractivity contribution >= 4 is 0 Å². The summed E-state index contributed by atoms with van der Waals surface area (Å²) in [5, 5.41) is 0. The summed E-state index contributed by atoms with van der Waals surface area (Å²) in [7, 11) is 0. The molecule has 0 saturated carbocycles. The van der Waals surface area contributed by atoms with Gasteiger partial charge in [-0.1, -0.05) is 19.1 Å². The molecule has 0 bridgehead atoms. The van der Waals surface area contributed by atoms with Gasteiger partial charge in [0.05, 0.1) is 0 Å². The van der Waals surface area contributed by atoms with Crippen molar-refractivity contribution in [2.45, 2.75) is 44.3 Å². The molecular formula is C13H15F6NO. The number of alkyl halides is 6. The van der Waals surface area contributed by atoms with Crippen LogP contribution in [0, 0.1) is 0 Å². The first-order valence-corrected chi connectivity index (χ1v) is 6.18. The van der Waals surface area contributed by atoms with Crippen LogP contribution in [0.3, 0.4) is 0 Å². The molecule has 0 aliphatic rings. The predicted molar refractivity (Wildman–Crippen MR) is 64.9 cm³/mol. The molecule has 1 rings (SSSR count). The molecule has 2 atom stereocenters. The molecule has 2 N–H and O–H groups in total. The molecule has 2 unspecified atom stereocenters. The van der Waals surface area contributed by atoms with Crippen LogP contribution in [0.5, 0.6) is 5.75 Å². The van der Waals surface area contributed by atoms with Gasteiger partial charge in [-0.3, -0.25) is 0 Å². The zero-order chi connectivity index (χ0) is 16.3. The van der Waals surface area contributed by atoms with E-state index in [9.17, 15) is 26.3 Å². The van der Waals surface area contributed by atoms with E-state index in [1.54, 1.807) is 0 Å². The third kappa shape index (κ3) is 5.11. The van der Waals surface area contributed by atoms with Crippen LogP contribution in [0.2, 0.25) is 0 Å². The first-order valence-electron chi connectivity index (χ1n) is 6.18. The van der Waals surface area contributed by atoms with E-state index in [1.807, 2.05) is 6.92 Å². The summed E-state index contributed by atoms with van der Waals surface area (Å²) in [5.74, 6) is -0.555. The molecule has 120 valence electrons. The second kappa shape index (κ2) is 6.55. The highest BCUT2D eigenvalue weighted by molar-refractivity contribution is 5.28. The fourth-order valence-corrected chi connectivity index (χ4v) is 1.54. The molecule has 0 heterocycles. The molecule has 0 saturated heterocycles. The van der Waals surface area contributed by atoms with Crippen LogP contribution >= 0.6 is 0 Å². The van der Waals surface area contributed by atoms with E-state index >= 15 is 0 Å². The number of hydrogen-bond acceptors (Lipinski definition) is 2. The lowest BCUT2D eigenvalue weighted by Crippen LogP contribution is -2.45. The minimum absolute atomic E-state index is 0.112. The average Bonchev–Trinajstić information content (AvgIpc) is 2.38. The summed E-state index contributed by atoms with van der Waals surface area (Å²) >= 11 is 0. The van der Waals surface area contributed by atoms with Crippen LogP contribution in [0.15, 0.2) is 24.3 Å². The minimum Gasteiger partial charge on any atom is -0.430 e. The van der Waals surface area contributed by atoms with E-state index in [0.717, 1.165) is 12.1 Å². The second-order valence-electron chi connectivity index (χ2n) is 4.58. The molecule has 1 aromatic rings. The van der Waals surface area contributed by atoms with Gasteiger partial charge >= 0.3 is 12.3 Å². The van der Waals surface area contributed by atoms with Gasteiger partial charge in [0.1, 0.15) is 5.75 Å². The van der Waals surface area contributed by atoms with Gasteiger partial charge in [0.25, 0.3) is 6.17 Å². The molecule has 2 nitrogen and oxygen atoms in total. The molecule has 0 radical (unpaired) electrons. The number of halogens is 6. The van der Waals surface area contributed by atoms with Crippen molar-refractivity contribution in [2.24, 2.45) is 5.73 Å². The Hall–Kier alpha value is -1.44. The summed E-state index contributed by atoms with van der Waals surface area (Å²) in [6.45, 7) is 1.88. The Balaban J connectivity index is 2.75. The van der Waals surface area contributed by atoms with Gasteiger partial charge in [0.15, 0.2) is 0 Å². The Labute approximate surface area is 117 Å². The van der Waals surface area contributed by atoms with E-state index in [1.165, 1.54) is 12.1 Å². The van der Waals surface area contributed by atoms with Crippen molar-refractivity contribution in [2.75, 3.05) is 0 Å². The van der Waals surface area contributed by atoms with E-state index < -0.39 is 24.2 Å². The average molecular weight is 315 g/mol. The van der Waals surface area contributed by atoms with Crippen molar-refractivity contribution in [3.8, 4) is 5.75 Å². The van der Waals surface area contributed by atoms with Gasteiger partial charge in [-0.2, -0.15) is 22.0 Å². The number of hydrogen-bond donors (Lipinski definition) is 1. The highest BCUT2D eigenvalue weighted by Gasteiger charge is 2.59. The molecule has 0 spiro atoms. The van der Waals surface area contributed by atoms with Crippen LogP contribution in [0.1, 0.15) is 18.9 Å². The number of rotatable bonds is 6. The van der Waals surface area contributed by atoms with Crippen molar-refractivity contribution in [1.82, 2.24) is 0 Å². The first kappa shape index (κ1) is 17.6. The summed E-state index contributed by atoms with van der Waals surface area (Å²) < 4.78 is 78.4. The van der Waals surface area contributed by atoms with E-state index in [-0.39, 0.29) is 6.04 Å². The highest BCUT2D eigenvalue weighted by Crippen LogP contribution is 2.36. The number of nitrogens with two attached hydrogens (primary N) is 1. The fourth-order valence-electron chi connectivity index (χ4n) is 1.54. The Morgan fingerprint density at radius 1 is 1.10 bits per heavy atom. The maximum absolute atomic E-state index is 13.0. The number of benzene rings is 1. The van der Waals surface area contributed by atoms with Crippen LogP contribution in [0.4, 0.5) is 26.3 Å². The Morgan fingerprint density at radius 2 is 1.62 bits per heavy atom. The van der Waals surface area contributed by atoms with Crippen LogP contribution in [0.25, 0.3) is 0 Å². The largest absolute Gasteiger partial charge is 0.439 e. The number of ether oxygens (including phenoxy) is 1. The van der Waals surface area contributed by atoms with E-state index in [0.29, 0.717) is 18.4 Å². The topological polar surface area (TPSA) is 35.2 Å². The van der Waals surface area contributed by atoms with Gasteiger partial charge in [0, 0.05) is 6.04 Å². The summed E-state index contributed by atoms with van der Waals surface area (Å²) in [6, 6.07) is 4.77. The molecule has 0 amide bonds. The first-order chi connectivity index (χ1) is 9.56. The monoisotopic (exact) mass is 315 g/mol. The lowest BCUT2D eigenvalue weighted by molar-refractivity contribution is -0.304. The lowest BCUT2D eigenvalue weighted by atomic mass is 10.0. The third-order valence-electron chi connectivity index (χ3n) is 2.78. The smallest absolute Gasteiger partial charge is 0.430 e. The Kier molecular flexibility index (Phi) is 5.49. The maximum atomic E-state index is 13.0. The van der Waals surface area contributed by atoms with Gasteiger partial charge < -0.3 is 10.5 Å². The van der Waals surface area contributed by atoms with Crippen molar-refractivity contribution < 1.29 is 31.1 Å². The zero-order valence-corrected chi connectivity index (χ0v) is 11.1. The highest BCUT2D eigenvalue weighted by atomic mass is 19.4. The van der Waals surface area contributed by atoms with Crippen molar-refractivity contribution in [3.63, 3.8) is 0 Å². The van der Waals surface area contributed by atoms with Crippen LogP contribution in [-0.4, -0.2) is 24.5 Å². The molecule has 8 heteroatoms. The van der Waals surface area contributed by atoms with Gasteiger partial charge in [0.2, 0.25) is 0 Å². The molecule has 0 fully saturated rings. The summed E-state index contributed by atoms with van der Waals surface area (Å²) in [5.41, 5.74) is 6.42. The van der Waals surface area contributed by atoms with Crippen LogP contribution < -0.4 is 10.5 Å².